The molecule has 0 aliphatic carbocycles. The predicted molar refractivity (Wildman–Crippen MR) is 93.2 cm³/mol. The fourth-order valence-corrected chi connectivity index (χ4v) is 4.20. The molecule has 0 bridgehead atoms. The molecular weight excluding hydrogens is 308 g/mol. The van der Waals surface area contributed by atoms with Crippen LogP contribution >= 0.6 is 11.3 Å². The second-order valence-electron chi connectivity index (χ2n) is 5.94. The number of nitrogens with zero attached hydrogens (tertiary/aromatic N) is 1. The summed E-state index contributed by atoms with van der Waals surface area (Å²) in [6, 6.07) is 8.33. The first-order valence-corrected chi connectivity index (χ1v) is 8.85. The lowest BCUT2D eigenvalue weighted by atomic mass is 9.88. The number of thiophene rings is 1. The lowest BCUT2D eigenvalue weighted by Crippen LogP contribution is -2.41. The first kappa shape index (κ1) is 16.0. The highest BCUT2D eigenvalue weighted by atomic mass is 32.1. The summed E-state index contributed by atoms with van der Waals surface area (Å²) in [5.74, 6) is 1.07. The number of nitrogens with one attached hydrogen (secondary N) is 1. The summed E-state index contributed by atoms with van der Waals surface area (Å²) in [5, 5.41) is 5.16. The number of furan rings is 1. The van der Waals surface area contributed by atoms with Crippen molar-refractivity contribution in [1.29, 1.82) is 0 Å². The van der Waals surface area contributed by atoms with Crippen LogP contribution in [0, 0.1) is 5.92 Å². The molecule has 1 saturated heterocycles. The molecule has 3 heterocycles. The molecule has 1 N–H and O–H groups in total. The Morgan fingerprint density at radius 2 is 2.39 bits per heavy atom. The van der Waals surface area contributed by atoms with Gasteiger partial charge in [0, 0.05) is 23.5 Å². The molecule has 1 amide bonds. The zero-order valence-electron chi connectivity index (χ0n) is 13.3. The minimum atomic E-state index is -0.0699. The molecule has 1 aliphatic heterocycles. The van der Waals surface area contributed by atoms with Crippen molar-refractivity contribution in [2.75, 3.05) is 20.1 Å². The van der Waals surface area contributed by atoms with E-state index in [9.17, 15) is 4.79 Å². The van der Waals surface area contributed by atoms with E-state index in [1.165, 1.54) is 17.4 Å². The van der Waals surface area contributed by atoms with E-state index in [1.54, 1.807) is 29.7 Å². The van der Waals surface area contributed by atoms with Gasteiger partial charge in [-0.1, -0.05) is 6.07 Å². The molecule has 5 heteroatoms. The van der Waals surface area contributed by atoms with Gasteiger partial charge in [-0.2, -0.15) is 0 Å². The van der Waals surface area contributed by atoms with Gasteiger partial charge in [0.25, 0.3) is 0 Å². The first-order chi connectivity index (χ1) is 11.2. The van der Waals surface area contributed by atoms with Crippen LogP contribution < -0.4 is 5.32 Å². The highest BCUT2D eigenvalue weighted by Gasteiger charge is 2.31. The summed E-state index contributed by atoms with van der Waals surface area (Å²) < 4.78 is 5.19. The van der Waals surface area contributed by atoms with Crippen molar-refractivity contribution in [2.24, 2.45) is 5.92 Å². The third kappa shape index (κ3) is 4.12. The molecule has 0 radical (unpaired) electrons. The Morgan fingerprint density at radius 1 is 1.48 bits per heavy atom. The molecule has 4 nitrogen and oxygen atoms in total. The average molecular weight is 330 g/mol. The van der Waals surface area contributed by atoms with Crippen LogP contribution in [0.4, 0.5) is 0 Å². The van der Waals surface area contributed by atoms with Gasteiger partial charge in [-0.05, 0) is 62.0 Å². The van der Waals surface area contributed by atoms with Crippen molar-refractivity contribution in [1.82, 2.24) is 10.2 Å². The lowest BCUT2D eigenvalue weighted by Gasteiger charge is -2.38. The standard InChI is InChI=1S/C18H22N2O2S/c1-20-10-2-5-14(18(20)16-7-4-12-23-16)13-19-17(21)9-8-15-6-3-11-22-15/h3-4,6-9,11-12,14,18H,2,5,10,13H2,1H3,(H,19,21)/b9-8+/t14-,18+/m1/s1. The smallest absolute Gasteiger partial charge is 0.244 e. The van der Waals surface area contributed by atoms with Gasteiger partial charge in [0.1, 0.15) is 5.76 Å². The van der Waals surface area contributed by atoms with Gasteiger partial charge in [-0.25, -0.2) is 0 Å². The van der Waals surface area contributed by atoms with Crippen LogP contribution in [0.15, 0.2) is 46.4 Å². The molecule has 2 aromatic rings. The molecule has 1 fully saturated rings. The summed E-state index contributed by atoms with van der Waals surface area (Å²) in [6.45, 7) is 1.82. The number of likely N-dealkylation sites (tertiary alicyclic amines) is 1. The van der Waals surface area contributed by atoms with Gasteiger partial charge < -0.3 is 9.73 Å². The summed E-state index contributed by atoms with van der Waals surface area (Å²) in [7, 11) is 2.18. The van der Waals surface area contributed by atoms with E-state index in [-0.39, 0.29) is 5.91 Å². The molecule has 0 saturated carbocycles. The van der Waals surface area contributed by atoms with E-state index in [1.807, 2.05) is 6.07 Å². The maximum Gasteiger partial charge on any atom is 0.244 e. The maximum absolute atomic E-state index is 12.0. The zero-order chi connectivity index (χ0) is 16.1. The molecule has 0 spiro atoms. The van der Waals surface area contributed by atoms with Crippen LogP contribution in [0.2, 0.25) is 0 Å². The third-order valence-electron chi connectivity index (χ3n) is 4.32. The number of carbonyl (C=O) groups is 1. The predicted octanol–water partition coefficient (Wildman–Crippen LogP) is 3.55. The zero-order valence-corrected chi connectivity index (χ0v) is 14.1. The van der Waals surface area contributed by atoms with Crippen LogP contribution in [-0.4, -0.2) is 30.9 Å². The van der Waals surface area contributed by atoms with E-state index in [2.05, 4.69) is 34.8 Å². The van der Waals surface area contributed by atoms with Gasteiger partial charge in [0.2, 0.25) is 5.91 Å². The number of hydrogen-bond donors (Lipinski definition) is 1. The van der Waals surface area contributed by atoms with Crippen molar-refractivity contribution in [3.63, 3.8) is 0 Å². The molecule has 0 unspecified atom stereocenters. The van der Waals surface area contributed by atoms with Gasteiger partial charge in [-0.15, -0.1) is 11.3 Å². The van der Waals surface area contributed by atoms with Gasteiger partial charge >= 0.3 is 0 Å². The second-order valence-corrected chi connectivity index (χ2v) is 6.92. The van der Waals surface area contributed by atoms with Crippen LogP contribution in [0.25, 0.3) is 6.08 Å². The van der Waals surface area contributed by atoms with Crippen molar-refractivity contribution in [3.8, 4) is 0 Å². The highest BCUT2D eigenvalue weighted by molar-refractivity contribution is 7.10. The fourth-order valence-electron chi connectivity index (χ4n) is 3.22. The van der Waals surface area contributed by atoms with E-state index >= 15 is 0 Å². The molecule has 23 heavy (non-hydrogen) atoms. The molecule has 122 valence electrons. The highest BCUT2D eigenvalue weighted by Crippen LogP contribution is 2.36. The molecule has 2 atom stereocenters. The topological polar surface area (TPSA) is 45.5 Å². The van der Waals surface area contributed by atoms with Crippen molar-refractivity contribution in [3.05, 3.63) is 52.6 Å². The minimum absolute atomic E-state index is 0.0699. The van der Waals surface area contributed by atoms with Crippen LogP contribution in [0.1, 0.15) is 29.5 Å². The number of amides is 1. The SMILES string of the molecule is CN1CCC[C@H](CNC(=O)/C=C/c2ccco2)[C@H]1c1cccs1. The van der Waals surface area contributed by atoms with Crippen LogP contribution in [0.5, 0.6) is 0 Å². The van der Waals surface area contributed by atoms with Crippen LogP contribution in [0.3, 0.4) is 0 Å². The average Bonchev–Trinajstić information content (AvgIpc) is 3.24. The molecular formula is C18H22N2O2S. The Kier molecular flexibility index (Phi) is 5.31. The van der Waals surface area contributed by atoms with E-state index in [0.717, 1.165) is 13.0 Å². The normalized spacial score (nSPS) is 22.5. The lowest BCUT2D eigenvalue weighted by molar-refractivity contribution is -0.116. The second kappa shape index (κ2) is 7.62. The van der Waals surface area contributed by atoms with Crippen molar-refractivity contribution in [2.45, 2.75) is 18.9 Å². The summed E-state index contributed by atoms with van der Waals surface area (Å²) >= 11 is 1.80. The maximum atomic E-state index is 12.0. The van der Waals surface area contributed by atoms with E-state index < -0.39 is 0 Å². The Labute approximate surface area is 140 Å². The Balaban J connectivity index is 1.58. The Morgan fingerprint density at radius 3 is 3.13 bits per heavy atom. The summed E-state index contributed by atoms with van der Waals surface area (Å²) in [5.41, 5.74) is 0. The third-order valence-corrected chi connectivity index (χ3v) is 5.27. The monoisotopic (exact) mass is 330 g/mol. The number of rotatable bonds is 5. The molecule has 0 aromatic carbocycles. The van der Waals surface area contributed by atoms with E-state index in [4.69, 9.17) is 4.42 Å². The summed E-state index contributed by atoms with van der Waals surface area (Å²) in [4.78, 5) is 15.8. The van der Waals surface area contributed by atoms with Gasteiger partial charge in [0.15, 0.2) is 0 Å². The summed E-state index contributed by atoms with van der Waals surface area (Å²) in [6.07, 6.45) is 7.15. The van der Waals surface area contributed by atoms with E-state index in [0.29, 0.717) is 24.3 Å². The first-order valence-electron chi connectivity index (χ1n) is 7.97. The number of carbonyl (C=O) groups excluding carboxylic acids is 1. The number of piperidine rings is 1. The van der Waals surface area contributed by atoms with Crippen LogP contribution in [-0.2, 0) is 4.79 Å². The number of hydrogen-bond acceptors (Lipinski definition) is 4. The quantitative estimate of drug-likeness (QED) is 0.853. The Bertz CT molecular complexity index is 634. The Hall–Kier alpha value is -1.85. The molecule has 2 aromatic heterocycles. The van der Waals surface area contributed by atoms with Gasteiger partial charge in [0.05, 0.1) is 6.26 Å². The largest absolute Gasteiger partial charge is 0.465 e. The van der Waals surface area contributed by atoms with Crippen molar-refractivity contribution < 1.29 is 9.21 Å². The molecule has 3 rings (SSSR count). The molecule has 1 aliphatic rings. The van der Waals surface area contributed by atoms with Gasteiger partial charge in [-0.3, -0.25) is 9.69 Å². The fraction of sp³-hybridized carbons (Fsp3) is 0.389. The minimum Gasteiger partial charge on any atom is -0.465 e. The van der Waals surface area contributed by atoms with Crippen molar-refractivity contribution >= 4 is 23.3 Å².